The fraction of sp³-hybridized carbons (Fsp3) is 0.188. The molecule has 0 aliphatic rings. The van der Waals surface area contributed by atoms with Crippen LogP contribution in [0, 0.1) is 0 Å². The molecule has 2 N–H and O–H groups in total. The van der Waals surface area contributed by atoms with E-state index in [1.165, 1.54) is 5.56 Å². The van der Waals surface area contributed by atoms with Gasteiger partial charge in [-0.3, -0.25) is 0 Å². The number of anilines is 1. The van der Waals surface area contributed by atoms with E-state index in [2.05, 4.69) is 32.6 Å². The normalized spacial score (nSPS) is 10.2. The van der Waals surface area contributed by atoms with Gasteiger partial charge in [-0.05, 0) is 48.6 Å². The van der Waals surface area contributed by atoms with Crippen molar-refractivity contribution >= 4 is 39.4 Å². The first-order valence-corrected chi connectivity index (χ1v) is 8.62. The van der Waals surface area contributed by atoms with Gasteiger partial charge in [-0.2, -0.15) is 0 Å². The highest BCUT2D eigenvalue weighted by molar-refractivity contribution is 9.10. The molecule has 21 heavy (non-hydrogen) atoms. The van der Waals surface area contributed by atoms with E-state index >= 15 is 0 Å². The maximum Gasteiger partial charge on any atom is 0.319 e. The summed E-state index contributed by atoms with van der Waals surface area (Å²) < 4.78 is 1.05. The van der Waals surface area contributed by atoms with Crippen LogP contribution >= 0.6 is 27.7 Å². The number of halogens is 1. The van der Waals surface area contributed by atoms with Crippen LogP contribution in [0.15, 0.2) is 57.9 Å². The van der Waals surface area contributed by atoms with Crippen molar-refractivity contribution in [3.05, 3.63) is 58.6 Å². The minimum Gasteiger partial charge on any atom is -0.338 e. The molecule has 0 fully saturated rings. The second-order valence-corrected chi connectivity index (χ2v) is 6.29. The molecule has 2 rings (SSSR count). The zero-order valence-electron chi connectivity index (χ0n) is 11.7. The van der Waals surface area contributed by atoms with Gasteiger partial charge >= 0.3 is 6.03 Å². The van der Waals surface area contributed by atoms with Crippen LogP contribution < -0.4 is 10.6 Å². The molecule has 0 aliphatic carbocycles. The first kappa shape index (κ1) is 15.9. The number of amides is 2. The van der Waals surface area contributed by atoms with E-state index in [0.29, 0.717) is 6.54 Å². The summed E-state index contributed by atoms with van der Waals surface area (Å²) in [7, 11) is 0. The lowest BCUT2D eigenvalue weighted by atomic mass is 10.1. The van der Waals surface area contributed by atoms with Crippen molar-refractivity contribution < 1.29 is 4.79 Å². The van der Waals surface area contributed by atoms with Crippen LogP contribution in [-0.2, 0) is 6.42 Å². The van der Waals surface area contributed by atoms with E-state index in [-0.39, 0.29) is 6.03 Å². The van der Waals surface area contributed by atoms with Gasteiger partial charge in [0.15, 0.2) is 0 Å². The van der Waals surface area contributed by atoms with E-state index < -0.39 is 0 Å². The van der Waals surface area contributed by atoms with Gasteiger partial charge in [-0.25, -0.2) is 4.79 Å². The van der Waals surface area contributed by atoms with Crippen molar-refractivity contribution in [3.8, 4) is 0 Å². The standard InChI is InChI=1S/C16H17BrN2OS/c1-21-15-7-3-6-14(11-15)19-16(20)18-9-8-12-4-2-5-13(17)10-12/h2-7,10-11H,8-9H2,1H3,(H2,18,19,20). The average molecular weight is 365 g/mol. The number of hydrogen-bond donors (Lipinski definition) is 2. The highest BCUT2D eigenvalue weighted by Crippen LogP contribution is 2.18. The van der Waals surface area contributed by atoms with Crippen LogP contribution in [-0.4, -0.2) is 18.8 Å². The molecule has 2 aromatic carbocycles. The Morgan fingerprint density at radius 1 is 1.19 bits per heavy atom. The summed E-state index contributed by atoms with van der Waals surface area (Å²) in [4.78, 5) is 13.0. The van der Waals surface area contributed by atoms with Gasteiger partial charge in [0, 0.05) is 21.6 Å². The molecule has 0 bridgehead atoms. The quantitative estimate of drug-likeness (QED) is 0.764. The van der Waals surface area contributed by atoms with Crippen molar-refractivity contribution in [1.82, 2.24) is 5.32 Å². The van der Waals surface area contributed by atoms with Crippen LogP contribution in [0.25, 0.3) is 0 Å². The molecule has 0 heterocycles. The minimum absolute atomic E-state index is 0.178. The second-order valence-electron chi connectivity index (χ2n) is 4.49. The Kier molecular flexibility index (Phi) is 6.14. The summed E-state index contributed by atoms with van der Waals surface area (Å²) in [5.74, 6) is 0. The van der Waals surface area contributed by atoms with Crippen LogP contribution in [0.2, 0.25) is 0 Å². The number of thioether (sulfide) groups is 1. The predicted octanol–water partition coefficient (Wildman–Crippen LogP) is 4.54. The minimum atomic E-state index is -0.178. The Bertz CT molecular complexity index is 619. The van der Waals surface area contributed by atoms with Gasteiger partial charge in [-0.15, -0.1) is 11.8 Å². The van der Waals surface area contributed by atoms with Crippen LogP contribution in [0.4, 0.5) is 10.5 Å². The van der Waals surface area contributed by atoms with Crippen LogP contribution in [0.1, 0.15) is 5.56 Å². The lowest BCUT2D eigenvalue weighted by Gasteiger charge is -2.08. The number of carbonyl (C=O) groups excluding carboxylic acids is 1. The van der Waals surface area contributed by atoms with Crippen LogP contribution in [0.3, 0.4) is 0 Å². The lowest BCUT2D eigenvalue weighted by molar-refractivity contribution is 0.252. The molecule has 0 atom stereocenters. The summed E-state index contributed by atoms with van der Waals surface area (Å²) in [6.45, 7) is 0.602. The monoisotopic (exact) mass is 364 g/mol. The predicted molar refractivity (Wildman–Crippen MR) is 93.1 cm³/mol. The Labute approximate surface area is 137 Å². The zero-order valence-corrected chi connectivity index (χ0v) is 14.1. The summed E-state index contributed by atoms with van der Waals surface area (Å²) in [6, 6.07) is 15.7. The fourth-order valence-electron chi connectivity index (χ4n) is 1.89. The van der Waals surface area contributed by atoms with Crippen molar-refractivity contribution in [2.75, 3.05) is 18.1 Å². The molecule has 0 aliphatic heterocycles. The Hall–Kier alpha value is -1.46. The molecule has 0 spiro atoms. The summed E-state index contributed by atoms with van der Waals surface area (Å²) >= 11 is 5.09. The molecule has 0 aromatic heterocycles. The molecule has 5 heteroatoms. The maximum absolute atomic E-state index is 11.8. The molecular formula is C16H17BrN2OS. The van der Waals surface area contributed by atoms with E-state index in [9.17, 15) is 4.79 Å². The number of nitrogens with one attached hydrogen (secondary N) is 2. The molecular weight excluding hydrogens is 348 g/mol. The van der Waals surface area contributed by atoms with Gasteiger partial charge < -0.3 is 10.6 Å². The number of hydrogen-bond acceptors (Lipinski definition) is 2. The van der Waals surface area contributed by atoms with Crippen molar-refractivity contribution in [2.24, 2.45) is 0 Å². The maximum atomic E-state index is 11.8. The third-order valence-electron chi connectivity index (χ3n) is 2.92. The Balaban J connectivity index is 1.79. The first-order chi connectivity index (χ1) is 10.2. The number of rotatable bonds is 5. The molecule has 3 nitrogen and oxygen atoms in total. The lowest BCUT2D eigenvalue weighted by Crippen LogP contribution is -2.30. The smallest absolute Gasteiger partial charge is 0.319 e. The zero-order chi connectivity index (χ0) is 15.1. The van der Waals surface area contributed by atoms with Crippen molar-refractivity contribution in [3.63, 3.8) is 0 Å². The highest BCUT2D eigenvalue weighted by Gasteiger charge is 2.02. The fourth-order valence-corrected chi connectivity index (χ4v) is 2.80. The molecule has 0 saturated carbocycles. The molecule has 2 amide bonds. The van der Waals surface area contributed by atoms with Gasteiger partial charge in [0.05, 0.1) is 0 Å². The van der Waals surface area contributed by atoms with E-state index in [1.807, 2.05) is 48.7 Å². The van der Waals surface area contributed by atoms with Gasteiger partial charge in [0.2, 0.25) is 0 Å². The highest BCUT2D eigenvalue weighted by atomic mass is 79.9. The molecule has 0 saturated heterocycles. The number of carbonyl (C=O) groups is 1. The Morgan fingerprint density at radius 2 is 2.00 bits per heavy atom. The average Bonchev–Trinajstić information content (AvgIpc) is 2.47. The largest absolute Gasteiger partial charge is 0.338 e. The Morgan fingerprint density at radius 3 is 2.76 bits per heavy atom. The van der Waals surface area contributed by atoms with Gasteiger partial charge in [-0.1, -0.05) is 34.1 Å². The molecule has 0 radical (unpaired) electrons. The van der Waals surface area contributed by atoms with E-state index in [0.717, 1.165) is 21.5 Å². The van der Waals surface area contributed by atoms with Crippen molar-refractivity contribution in [2.45, 2.75) is 11.3 Å². The van der Waals surface area contributed by atoms with Gasteiger partial charge in [0.1, 0.15) is 0 Å². The molecule has 0 unspecified atom stereocenters. The van der Waals surface area contributed by atoms with E-state index in [1.54, 1.807) is 11.8 Å². The topological polar surface area (TPSA) is 41.1 Å². The third-order valence-corrected chi connectivity index (χ3v) is 4.13. The summed E-state index contributed by atoms with van der Waals surface area (Å²) in [6.07, 6.45) is 2.81. The first-order valence-electron chi connectivity index (χ1n) is 6.61. The molecule has 110 valence electrons. The SMILES string of the molecule is CSc1cccc(NC(=O)NCCc2cccc(Br)c2)c1. The van der Waals surface area contributed by atoms with Crippen molar-refractivity contribution in [1.29, 1.82) is 0 Å². The number of urea groups is 1. The molecule has 2 aromatic rings. The summed E-state index contributed by atoms with van der Waals surface area (Å²) in [5, 5.41) is 5.71. The number of benzene rings is 2. The summed E-state index contributed by atoms with van der Waals surface area (Å²) in [5.41, 5.74) is 2.00. The third kappa shape index (κ3) is 5.44. The van der Waals surface area contributed by atoms with E-state index in [4.69, 9.17) is 0 Å². The van der Waals surface area contributed by atoms with Gasteiger partial charge in [0.25, 0.3) is 0 Å². The van der Waals surface area contributed by atoms with Crippen LogP contribution in [0.5, 0.6) is 0 Å². The second kappa shape index (κ2) is 8.10.